The Morgan fingerprint density at radius 1 is 1.29 bits per heavy atom. The third-order valence-corrected chi connectivity index (χ3v) is 6.94. The predicted octanol–water partition coefficient (Wildman–Crippen LogP) is 5.16. The zero-order chi connectivity index (χ0) is 22.0. The number of hydrogen-bond donors (Lipinski definition) is 1. The van der Waals surface area contributed by atoms with Crippen molar-refractivity contribution in [3.63, 3.8) is 0 Å². The molecular formula is C22H23BrFN5OS. The maximum atomic E-state index is 13.6. The summed E-state index contributed by atoms with van der Waals surface area (Å²) < 4.78 is 14.2. The van der Waals surface area contributed by atoms with Crippen molar-refractivity contribution in [3.8, 4) is 10.4 Å². The van der Waals surface area contributed by atoms with Crippen molar-refractivity contribution in [2.75, 3.05) is 18.4 Å². The first-order valence-corrected chi connectivity index (χ1v) is 11.8. The lowest BCUT2D eigenvalue weighted by molar-refractivity contribution is 0.0535. The van der Waals surface area contributed by atoms with Crippen LogP contribution in [0.2, 0.25) is 0 Å². The van der Waals surface area contributed by atoms with Gasteiger partial charge in [0.1, 0.15) is 11.5 Å². The van der Waals surface area contributed by atoms with Gasteiger partial charge in [-0.2, -0.15) is 0 Å². The van der Waals surface area contributed by atoms with Crippen LogP contribution in [-0.2, 0) is 0 Å². The van der Waals surface area contributed by atoms with Gasteiger partial charge in [-0.1, -0.05) is 19.1 Å². The highest BCUT2D eigenvalue weighted by molar-refractivity contribution is 9.10. The Kier molecular flexibility index (Phi) is 6.62. The Bertz CT molecular complexity index is 1060. The fraction of sp³-hybridized carbons (Fsp3) is 0.364. The van der Waals surface area contributed by atoms with Crippen LogP contribution >= 0.6 is 27.3 Å². The van der Waals surface area contributed by atoms with E-state index in [4.69, 9.17) is 0 Å². The molecule has 1 aliphatic rings. The number of carbonyl (C=O) groups excluding carboxylic acids is 1. The number of anilines is 1. The van der Waals surface area contributed by atoms with Gasteiger partial charge in [-0.15, -0.1) is 11.3 Å². The number of piperidine rings is 1. The Morgan fingerprint density at radius 3 is 2.71 bits per heavy atom. The lowest BCUT2D eigenvalue weighted by atomic mass is 9.90. The van der Waals surface area contributed by atoms with Gasteiger partial charge < -0.3 is 10.2 Å². The quantitative estimate of drug-likeness (QED) is 0.520. The lowest BCUT2D eigenvalue weighted by Gasteiger charge is -2.40. The van der Waals surface area contributed by atoms with Crippen LogP contribution in [0.3, 0.4) is 0 Å². The molecule has 1 aliphatic heterocycles. The number of rotatable bonds is 5. The van der Waals surface area contributed by atoms with Gasteiger partial charge in [0.2, 0.25) is 5.95 Å². The van der Waals surface area contributed by atoms with Gasteiger partial charge in [0, 0.05) is 25.5 Å². The number of likely N-dealkylation sites (tertiary alicyclic amines) is 1. The van der Waals surface area contributed by atoms with Crippen LogP contribution in [0, 0.1) is 18.7 Å². The number of amides is 1. The summed E-state index contributed by atoms with van der Waals surface area (Å²) in [7, 11) is 0. The average Bonchev–Trinajstić information content (AvgIpc) is 3.15. The van der Waals surface area contributed by atoms with E-state index in [9.17, 15) is 9.18 Å². The zero-order valence-electron chi connectivity index (χ0n) is 17.3. The van der Waals surface area contributed by atoms with Crippen LogP contribution in [0.25, 0.3) is 10.4 Å². The van der Waals surface area contributed by atoms with Crippen molar-refractivity contribution in [1.82, 2.24) is 19.9 Å². The van der Waals surface area contributed by atoms with E-state index in [1.165, 1.54) is 23.5 Å². The topological polar surface area (TPSA) is 71.0 Å². The summed E-state index contributed by atoms with van der Waals surface area (Å²) >= 11 is 4.79. The number of thiazole rings is 1. The fourth-order valence-corrected chi connectivity index (χ4v) is 5.04. The van der Waals surface area contributed by atoms with Crippen LogP contribution in [-0.4, -0.2) is 44.9 Å². The molecule has 0 aliphatic carbocycles. The highest BCUT2D eigenvalue weighted by Gasteiger charge is 2.34. The summed E-state index contributed by atoms with van der Waals surface area (Å²) in [6.07, 6.45) is 5.39. The molecule has 3 heterocycles. The lowest BCUT2D eigenvalue weighted by Crippen LogP contribution is -2.51. The number of aryl methyl sites for hydroxylation is 1. The SMILES string of the molecule is Cc1nc(C(=O)N2CCC[C@@H](C)C2CNc2ncc(Br)cn2)c(-c2ccc(F)cc2)s1. The molecule has 1 amide bonds. The number of hydrogen-bond acceptors (Lipinski definition) is 6. The smallest absolute Gasteiger partial charge is 0.274 e. The van der Waals surface area contributed by atoms with E-state index in [2.05, 4.69) is 43.1 Å². The highest BCUT2D eigenvalue weighted by atomic mass is 79.9. The van der Waals surface area contributed by atoms with Gasteiger partial charge in [-0.25, -0.2) is 19.3 Å². The molecule has 1 aromatic carbocycles. The third kappa shape index (κ3) is 4.93. The van der Waals surface area contributed by atoms with Crippen LogP contribution in [0.15, 0.2) is 41.1 Å². The molecule has 1 unspecified atom stereocenters. The minimum atomic E-state index is -0.302. The van der Waals surface area contributed by atoms with E-state index in [0.717, 1.165) is 32.8 Å². The van der Waals surface area contributed by atoms with Crippen molar-refractivity contribution in [3.05, 3.63) is 57.7 Å². The van der Waals surface area contributed by atoms with Gasteiger partial charge >= 0.3 is 0 Å². The van der Waals surface area contributed by atoms with Crippen LogP contribution in [0.5, 0.6) is 0 Å². The molecule has 1 saturated heterocycles. The second-order valence-electron chi connectivity index (χ2n) is 7.71. The second-order valence-corrected chi connectivity index (χ2v) is 9.83. The van der Waals surface area contributed by atoms with Crippen molar-refractivity contribution >= 4 is 39.1 Å². The Balaban J connectivity index is 1.58. The van der Waals surface area contributed by atoms with E-state index in [0.29, 0.717) is 30.6 Å². The van der Waals surface area contributed by atoms with Gasteiger partial charge in [0.25, 0.3) is 5.91 Å². The summed E-state index contributed by atoms with van der Waals surface area (Å²) in [5.41, 5.74) is 1.24. The van der Waals surface area contributed by atoms with E-state index in [1.807, 2.05) is 11.8 Å². The molecule has 31 heavy (non-hydrogen) atoms. The molecule has 1 fully saturated rings. The summed E-state index contributed by atoms with van der Waals surface area (Å²) in [5, 5.41) is 4.08. The van der Waals surface area contributed by atoms with Crippen molar-refractivity contribution < 1.29 is 9.18 Å². The molecule has 0 spiro atoms. The van der Waals surface area contributed by atoms with Crippen molar-refractivity contribution in [2.45, 2.75) is 32.7 Å². The number of nitrogens with one attached hydrogen (secondary N) is 1. The second kappa shape index (κ2) is 9.40. The molecule has 2 aromatic heterocycles. The fourth-order valence-electron chi connectivity index (χ4n) is 3.92. The third-order valence-electron chi connectivity index (χ3n) is 5.51. The zero-order valence-corrected chi connectivity index (χ0v) is 19.7. The van der Waals surface area contributed by atoms with Gasteiger partial charge in [0.15, 0.2) is 0 Å². The summed E-state index contributed by atoms with van der Waals surface area (Å²) in [6, 6.07) is 6.21. The molecule has 9 heteroatoms. The summed E-state index contributed by atoms with van der Waals surface area (Å²) in [4.78, 5) is 29.4. The molecular weight excluding hydrogens is 481 g/mol. The summed E-state index contributed by atoms with van der Waals surface area (Å²) in [5.74, 6) is 0.474. The molecule has 162 valence electrons. The molecule has 6 nitrogen and oxygen atoms in total. The number of halogens is 2. The first-order chi connectivity index (χ1) is 14.9. The number of carbonyl (C=O) groups is 1. The number of aromatic nitrogens is 3. The van der Waals surface area contributed by atoms with E-state index >= 15 is 0 Å². The van der Waals surface area contributed by atoms with Crippen molar-refractivity contribution in [1.29, 1.82) is 0 Å². The Hall–Kier alpha value is -2.39. The minimum Gasteiger partial charge on any atom is -0.352 e. The van der Waals surface area contributed by atoms with Gasteiger partial charge in [-0.05, 0) is 59.3 Å². The number of benzene rings is 1. The normalized spacial score (nSPS) is 18.8. The van der Waals surface area contributed by atoms with Crippen molar-refractivity contribution in [2.24, 2.45) is 5.92 Å². The molecule has 2 atom stereocenters. The molecule has 0 bridgehead atoms. The van der Waals surface area contributed by atoms with Crippen LogP contribution < -0.4 is 5.32 Å². The van der Waals surface area contributed by atoms with Gasteiger partial charge in [-0.3, -0.25) is 4.79 Å². The minimum absolute atomic E-state index is 0.00318. The molecule has 0 radical (unpaired) electrons. The standard InChI is InChI=1S/C22H23BrFN5OS/c1-13-4-3-9-29(18(13)12-27-22-25-10-16(23)11-26-22)21(30)19-20(31-14(2)28-19)15-5-7-17(24)8-6-15/h5-8,10-11,13,18H,3-4,9,12H2,1-2H3,(H,25,26,27)/t13-,18?/m1/s1. The maximum absolute atomic E-state index is 13.6. The Morgan fingerprint density at radius 2 is 2.00 bits per heavy atom. The Labute approximate surface area is 193 Å². The average molecular weight is 504 g/mol. The van der Waals surface area contributed by atoms with Gasteiger partial charge in [0.05, 0.1) is 20.4 Å². The highest BCUT2D eigenvalue weighted by Crippen LogP contribution is 2.33. The van der Waals surface area contributed by atoms with E-state index in [1.54, 1.807) is 24.5 Å². The summed E-state index contributed by atoms with van der Waals surface area (Å²) in [6.45, 7) is 5.29. The number of nitrogens with zero attached hydrogens (tertiary/aromatic N) is 4. The first kappa shape index (κ1) is 21.8. The largest absolute Gasteiger partial charge is 0.352 e. The molecule has 4 rings (SSSR count). The predicted molar refractivity (Wildman–Crippen MR) is 124 cm³/mol. The molecule has 0 saturated carbocycles. The van der Waals surface area contributed by atoms with E-state index < -0.39 is 0 Å². The maximum Gasteiger partial charge on any atom is 0.274 e. The first-order valence-electron chi connectivity index (χ1n) is 10.2. The monoisotopic (exact) mass is 503 g/mol. The molecule has 1 N–H and O–H groups in total. The van der Waals surface area contributed by atoms with E-state index in [-0.39, 0.29) is 17.8 Å². The van der Waals surface area contributed by atoms with Crippen LogP contribution in [0.1, 0.15) is 35.3 Å². The van der Waals surface area contributed by atoms with Crippen LogP contribution in [0.4, 0.5) is 10.3 Å². The molecule has 3 aromatic rings.